The summed E-state index contributed by atoms with van der Waals surface area (Å²) in [6, 6.07) is 4.64. The second-order valence-electron chi connectivity index (χ2n) is 13.0. The van der Waals surface area contributed by atoms with Gasteiger partial charge in [0.1, 0.15) is 18.7 Å². The predicted molar refractivity (Wildman–Crippen MR) is 163 cm³/mol. The van der Waals surface area contributed by atoms with E-state index in [0.717, 1.165) is 49.2 Å². The Morgan fingerprint density at radius 1 is 1.12 bits per heavy atom. The van der Waals surface area contributed by atoms with Gasteiger partial charge in [-0.3, -0.25) is 4.48 Å². The van der Waals surface area contributed by atoms with Crippen molar-refractivity contribution in [2.45, 2.75) is 90.2 Å². The van der Waals surface area contributed by atoms with Gasteiger partial charge in [-0.15, -0.1) is 0 Å². The summed E-state index contributed by atoms with van der Waals surface area (Å²) in [7, 11) is 1.48. The molecule has 1 aromatic carbocycles. The molecule has 4 aliphatic rings. The van der Waals surface area contributed by atoms with Crippen LogP contribution in [0.3, 0.4) is 0 Å². The van der Waals surface area contributed by atoms with Crippen LogP contribution in [-0.2, 0) is 28.9 Å². The molecule has 0 radical (unpaired) electrons. The second kappa shape index (κ2) is 10.8. The van der Waals surface area contributed by atoms with Gasteiger partial charge in [0, 0.05) is 23.2 Å². The lowest BCUT2D eigenvalue weighted by atomic mass is 9.79. The summed E-state index contributed by atoms with van der Waals surface area (Å²) in [5, 5.41) is 3.02. The molecule has 218 valence electrons. The lowest BCUT2D eigenvalue weighted by Gasteiger charge is -2.39. The zero-order valence-electron chi connectivity index (χ0n) is 25.1. The molecule has 2 aliphatic heterocycles. The number of amides is 1. The summed E-state index contributed by atoms with van der Waals surface area (Å²) in [4.78, 5) is 26.0. The molecule has 0 spiro atoms. The Morgan fingerprint density at radius 2 is 1.93 bits per heavy atom. The smallest absolute Gasteiger partial charge is 0.407 e. The highest BCUT2D eigenvalue weighted by atomic mass is 16.6. The minimum absolute atomic E-state index is 0.274. The molecular formula is C34H44N3O4+. The van der Waals surface area contributed by atoms with Crippen molar-refractivity contribution in [3.63, 3.8) is 0 Å². The Labute approximate surface area is 243 Å². The molecule has 3 heterocycles. The normalized spacial score (nSPS) is 21.4. The number of carbonyl (C=O) groups excluding carboxylic acids is 2. The Kier molecular flexibility index (Phi) is 7.35. The van der Waals surface area contributed by atoms with Crippen LogP contribution in [0.15, 0.2) is 30.5 Å². The molecule has 7 nitrogen and oxygen atoms in total. The Morgan fingerprint density at radius 3 is 2.68 bits per heavy atom. The average Bonchev–Trinajstić information content (AvgIpc) is 3.21. The third kappa shape index (κ3) is 5.03. The number of esters is 1. The number of quaternary nitrogens is 1. The van der Waals surface area contributed by atoms with Gasteiger partial charge in [-0.2, -0.15) is 0 Å². The number of benzene rings is 1. The van der Waals surface area contributed by atoms with Gasteiger partial charge in [0.2, 0.25) is 0 Å². The van der Waals surface area contributed by atoms with E-state index in [2.05, 4.69) is 46.4 Å². The molecule has 1 aromatic heterocycles. The number of methoxy groups -OCH3 is 1. The molecule has 1 N–H and O–H groups in total. The third-order valence-corrected chi connectivity index (χ3v) is 9.31. The van der Waals surface area contributed by atoms with Crippen LogP contribution in [0.2, 0.25) is 0 Å². The van der Waals surface area contributed by atoms with Gasteiger partial charge in [0.05, 0.1) is 43.2 Å². The lowest BCUT2D eigenvalue weighted by molar-refractivity contribution is 0.0523. The Balaban J connectivity index is 1.50. The van der Waals surface area contributed by atoms with Crippen LogP contribution in [0.4, 0.5) is 10.5 Å². The molecule has 0 saturated heterocycles. The van der Waals surface area contributed by atoms with Gasteiger partial charge in [-0.25, -0.2) is 9.59 Å². The number of nitrogens with one attached hydrogen (secondary N) is 1. The molecule has 1 saturated carbocycles. The first-order valence-electron chi connectivity index (χ1n) is 15.4. The fourth-order valence-electron chi connectivity index (χ4n) is 7.64. The largest absolute Gasteiger partial charge is 0.465 e. The van der Waals surface area contributed by atoms with Crippen molar-refractivity contribution < 1.29 is 19.1 Å². The Bertz CT molecular complexity index is 1420. The van der Waals surface area contributed by atoms with Gasteiger partial charge < -0.3 is 19.4 Å². The van der Waals surface area contributed by atoms with E-state index in [0.29, 0.717) is 29.1 Å². The standard InChI is InChI=1S/C34H43N3O4/c1-34(2,3)41-33(39)35-18-21-37-20-10-14-25-24(23-11-6-5-7-12-23)16-17-27(31(25)37)30-29(32(38)40-4)26-13-8-9-15-28(26)36(30)19-22-37/h8,10,13,16-17,20,23H,5-7,9,11-12,14-15,18-19,21-22H2,1-4H3/p+1. The molecule has 41 heavy (non-hydrogen) atoms. The van der Waals surface area contributed by atoms with Crippen LogP contribution in [0.1, 0.15) is 98.0 Å². The van der Waals surface area contributed by atoms with Crippen molar-refractivity contribution in [2.75, 3.05) is 26.7 Å². The molecule has 2 aliphatic carbocycles. The lowest BCUT2D eigenvalue weighted by Crippen LogP contribution is -2.52. The van der Waals surface area contributed by atoms with Crippen molar-refractivity contribution in [1.29, 1.82) is 0 Å². The number of hydrogen-bond donors (Lipinski definition) is 1. The summed E-state index contributed by atoms with van der Waals surface area (Å²) < 4.78 is 14.0. The van der Waals surface area contributed by atoms with E-state index in [4.69, 9.17) is 9.47 Å². The number of hydrogen-bond acceptors (Lipinski definition) is 4. The number of fused-ring (bicyclic) bond motifs is 4. The monoisotopic (exact) mass is 558 g/mol. The van der Waals surface area contributed by atoms with Crippen molar-refractivity contribution in [2.24, 2.45) is 0 Å². The van der Waals surface area contributed by atoms with Gasteiger partial charge in [0.25, 0.3) is 0 Å². The second-order valence-corrected chi connectivity index (χ2v) is 13.0. The van der Waals surface area contributed by atoms with E-state index in [1.165, 1.54) is 61.7 Å². The third-order valence-electron chi connectivity index (χ3n) is 9.31. The number of allylic oxidation sites excluding steroid dienone is 2. The number of rotatable bonds is 5. The van der Waals surface area contributed by atoms with Crippen LogP contribution >= 0.6 is 0 Å². The summed E-state index contributed by atoms with van der Waals surface area (Å²) in [6.07, 6.45) is 17.7. The fourth-order valence-corrected chi connectivity index (χ4v) is 7.64. The Hall–Kier alpha value is -3.32. The summed E-state index contributed by atoms with van der Waals surface area (Å²) in [6.45, 7) is 8.49. The van der Waals surface area contributed by atoms with Crippen molar-refractivity contribution in [3.8, 4) is 11.3 Å². The summed E-state index contributed by atoms with van der Waals surface area (Å²) >= 11 is 0. The highest BCUT2D eigenvalue weighted by Gasteiger charge is 2.43. The van der Waals surface area contributed by atoms with Crippen LogP contribution in [0, 0.1) is 0 Å². The number of aromatic nitrogens is 1. The zero-order chi connectivity index (χ0) is 28.8. The van der Waals surface area contributed by atoms with E-state index in [1.54, 1.807) is 0 Å². The minimum atomic E-state index is -0.541. The predicted octanol–water partition coefficient (Wildman–Crippen LogP) is 6.86. The van der Waals surface area contributed by atoms with Crippen LogP contribution in [-0.4, -0.2) is 49.0 Å². The highest BCUT2D eigenvalue weighted by molar-refractivity contribution is 6.03. The molecule has 1 atom stereocenters. The first kappa shape index (κ1) is 27.8. The van der Waals surface area contributed by atoms with Gasteiger partial charge in [-0.1, -0.05) is 37.5 Å². The molecule has 2 aromatic rings. The molecule has 0 bridgehead atoms. The number of nitrogens with zero attached hydrogens (tertiary/aromatic N) is 2. The van der Waals surface area contributed by atoms with Gasteiger partial charge >= 0.3 is 12.1 Å². The average molecular weight is 559 g/mol. The van der Waals surface area contributed by atoms with Crippen LogP contribution in [0.25, 0.3) is 17.3 Å². The highest BCUT2D eigenvalue weighted by Crippen LogP contribution is 2.50. The van der Waals surface area contributed by atoms with Crippen molar-refractivity contribution in [1.82, 2.24) is 14.4 Å². The van der Waals surface area contributed by atoms with Gasteiger partial charge in [-0.05, 0) is 70.1 Å². The maximum absolute atomic E-state index is 13.4. The maximum atomic E-state index is 13.4. The van der Waals surface area contributed by atoms with E-state index in [1.807, 2.05) is 20.8 Å². The fraction of sp³-hybridized carbons (Fsp3) is 0.529. The van der Waals surface area contributed by atoms with Gasteiger partial charge in [0.15, 0.2) is 5.69 Å². The molecule has 7 heteroatoms. The van der Waals surface area contributed by atoms with Crippen molar-refractivity contribution >= 4 is 23.8 Å². The van der Waals surface area contributed by atoms with E-state index < -0.39 is 5.60 Å². The summed E-state index contributed by atoms with van der Waals surface area (Å²) in [5.74, 6) is 0.299. The van der Waals surface area contributed by atoms with Crippen LogP contribution < -0.4 is 9.80 Å². The maximum Gasteiger partial charge on any atom is 0.407 e. The number of carbonyl (C=O) groups is 2. The minimum Gasteiger partial charge on any atom is -0.465 e. The zero-order valence-corrected chi connectivity index (χ0v) is 25.1. The molecular weight excluding hydrogens is 514 g/mol. The molecule has 1 amide bonds. The SMILES string of the molecule is COC(=O)c1c2c(n3c1-c1ccc(C4CCCCC4)c4c1[N+](CCNC(=O)OC(C)(C)C)(C=CC4)CC3)CCC=C2. The molecule has 1 unspecified atom stereocenters. The van der Waals surface area contributed by atoms with Crippen LogP contribution in [0.5, 0.6) is 0 Å². The summed E-state index contributed by atoms with van der Waals surface area (Å²) in [5.41, 5.74) is 8.69. The first-order valence-corrected chi connectivity index (χ1v) is 15.4. The number of ether oxygens (including phenoxy) is 2. The van der Waals surface area contributed by atoms with E-state index in [-0.39, 0.29) is 12.1 Å². The van der Waals surface area contributed by atoms with E-state index in [9.17, 15) is 9.59 Å². The molecule has 6 rings (SSSR count). The van der Waals surface area contributed by atoms with Crippen molar-refractivity contribution in [3.05, 3.63) is 58.4 Å². The number of alkyl carbamates (subject to hydrolysis) is 1. The van der Waals surface area contributed by atoms with E-state index >= 15 is 0 Å². The molecule has 1 fully saturated rings. The quantitative estimate of drug-likeness (QED) is 0.321. The first-order chi connectivity index (χ1) is 19.7. The topological polar surface area (TPSA) is 69.6 Å².